The lowest BCUT2D eigenvalue weighted by Gasteiger charge is -2.15. The molecule has 1 heterocycles. The summed E-state index contributed by atoms with van der Waals surface area (Å²) in [6.07, 6.45) is 0. The van der Waals surface area contributed by atoms with E-state index in [0.29, 0.717) is 6.07 Å². The van der Waals surface area contributed by atoms with E-state index >= 15 is 0 Å². The molecule has 5 aromatic rings. The van der Waals surface area contributed by atoms with Crippen molar-refractivity contribution in [2.24, 2.45) is 10.2 Å². The summed E-state index contributed by atoms with van der Waals surface area (Å²) in [5, 5.41) is 22.9. The summed E-state index contributed by atoms with van der Waals surface area (Å²) in [7, 11) is -23.6. The van der Waals surface area contributed by atoms with E-state index in [-0.39, 0.29) is 22.2 Å². The first-order valence-electron chi connectivity index (χ1n) is 14.3. The lowest BCUT2D eigenvalue weighted by molar-refractivity contribution is 0.472. The first-order chi connectivity index (χ1) is 25.3. The summed E-state index contributed by atoms with van der Waals surface area (Å²) in [5.74, 6) is -3.79. The smallest absolute Gasteiger partial charge is 0.296 e. The number of phenols is 1. The number of phenolic OH excluding ortho intramolecular Hbond substituents is 1. The number of benzene rings is 4. The van der Waals surface area contributed by atoms with Gasteiger partial charge >= 0.3 is 0 Å². The maximum Gasteiger partial charge on any atom is 0.296 e. The zero-order valence-corrected chi connectivity index (χ0v) is 31.6. The Morgan fingerprint density at radius 3 is 1.73 bits per heavy atom. The highest BCUT2D eigenvalue weighted by atomic mass is 35.5. The van der Waals surface area contributed by atoms with Gasteiger partial charge in [0.1, 0.15) is 10.6 Å². The Morgan fingerprint density at radius 1 is 0.618 bits per heavy atom. The highest BCUT2D eigenvalue weighted by Gasteiger charge is 2.26. The molecule has 0 atom stereocenters. The van der Waals surface area contributed by atoms with Gasteiger partial charge in [0.15, 0.2) is 15.6 Å². The van der Waals surface area contributed by atoms with Crippen LogP contribution in [0.25, 0.3) is 10.8 Å². The zero-order chi connectivity index (χ0) is 40.7. The van der Waals surface area contributed by atoms with Gasteiger partial charge in [-0.05, 0) is 83.7 Å². The van der Waals surface area contributed by atoms with Crippen molar-refractivity contribution in [3.63, 3.8) is 0 Å². The first kappa shape index (κ1) is 41.2. The Balaban J connectivity index is 1.59. The Kier molecular flexibility index (Phi) is 11.2. The maximum absolute atomic E-state index is 12.4. The largest absolute Gasteiger partial charge is 0.505 e. The van der Waals surface area contributed by atoms with Crippen LogP contribution >= 0.6 is 11.6 Å². The number of fused-ring (bicyclic) bond motifs is 1. The number of anilines is 4. The molecule has 4 aromatic carbocycles. The molecule has 1 aromatic heterocycles. The molecule has 0 saturated heterocycles. The number of sulfone groups is 1. The summed E-state index contributed by atoms with van der Waals surface area (Å²) in [5.41, 5.74) is -1.29. The van der Waals surface area contributed by atoms with Gasteiger partial charge in [-0.25, -0.2) is 8.42 Å². The van der Waals surface area contributed by atoms with E-state index in [1.54, 1.807) is 0 Å². The van der Waals surface area contributed by atoms with Gasteiger partial charge in [-0.3, -0.25) is 18.2 Å². The highest BCUT2D eigenvalue weighted by molar-refractivity contribution is 7.93. The van der Waals surface area contributed by atoms with Crippen molar-refractivity contribution < 1.29 is 65.4 Å². The van der Waals surface area contributed by atoms with Crippen LogP contribution in [0.2, 0.25) is 5.28 Å². The normalized spacial score (nSPS) is 13.0. The summed E-state index contributed by atoms with van der Waals surface area (Å²) >= 11 is 6.06. The van der Waals surface area contributed by atoms with E-state index in [4.69, 9.17) is 16.2 Å². The fourth-order valence-corrected chi connectivity index (χ4v) is 8.93. The summed E-state index contributed by atoms with van der Waals surface area (Å²) in [4.78, 5) is 9.08. The van der Waals surface area contributed by atoms with Gasteiger partial charge in [0.05, 0.1) is 37.6 Å². The number of hydrogen-bond donors (Lipinski definition) is 7. The fourth-order valence-electron chi connectivity index (χ4n) is 4.58. The predicted molar refractivity (Wildman–Crippen MR) is 192 cm³/mol. The van der Waals surface area contributed by atoms with Crippen molar-refractivity contribution in [3.05, 3.63) is 72.0 Å². The highest BCUT2D eigenvalue weighted by Crippen LogP contribution is 2.45. The standard InChI is InChI=1S/C27H22ClN7O15S5/c28-25-31-26(29-15-1-7-18(8-2-15)53(42,43)44)33-27(32-25)30-20-13-19(54(45,46)47)11-14-12-21(55(48,49)50)23(24(36)22(14)20)35-34-16-3-5-17(6-4-16)51(37,38)9-10-52(39,40)41/h1-8,11-13,36H,9-10H2,(H,39,40,41)(H,42,43,44)(H,45,46,47)(H,48,49,50)(H2,29,30,31,32,33). The minimum Gasteiger partial charge on any atom is -0.505 e. The molecule has 0 spiro atoms. The number of hydrogen-bond acceptors (Lipinski definition) is 18. The molecule has 28 heteroatoms. The Bertz CT molecular complexity index is 2950. The third kappa shape index (κ3) is 10.2. The molecule has 0 unspecified atom stereocenters. The molecule has 0 aliphatic rings. The molecule has 0 aliphatic carbocycles. The van der Waals surface area contributed by atoms with E-state index in [0.717, 1.165) is 48.5 Å². The number of nitrogens with zero attached hydrogens (tertiary/aromatic N) is 5. The van der Waals surface area contributed by atoms with Crippen LogP contribution in [0.5, 0.6) is 5.75 Å². The molecule has 7 N–H and O–H groups in total. The Hall–Kier alpha value is -4.97. The number of halogens is 1. The summed E-state index contributed by atoms with van der Waals surface area (Å²) in [6, 6.07) is 10.9. The molecular formula is C27H22ClN7O15S5. The van der Waals surface area contributed by atoms with Crippen molar-refractivity contribution in [1.82, 2.24) is 15.0 Å². The van der Waals surface area contributed by atoms with Gasteiger partial charge in [0.25, 0.3) is 40.5 Å². The molecule has 292 valence electrons. The van der Waals surface area contributed by atoms with Crippen molar-refractivity contribution in [2.45, 2.75) is 19.6 Å². The lowest BCUT2D eigenvalue weighted by Crippen LogP contribution is -2.16. The molecule has 0 radical (unpaired) electrons. The van der Waals surface area contributed by atoms with Gasteiger partial charge in [-0.2, -0.15) is 53.7 Å². The van der Waals surface area contributed by atoms with Crippen molar-refractivity contribution in [3.8, 4) is 5.75 Å². The monoisotopic (exact) mass is 879 g/mol. The van der Waals surface area contributed by atoms with Crippen LogP contribution < -0.4 is 10.6 Å². The van der Waals surface area contributed by atoms with Crippen LogP contribution in [0.15, 0.2) is 96.5 Å². The van der Waals surface area contributed by atoms with E-state index in [1.165, 1.54) is 12.1 Å². The van der Waals surface area contributed by atoms with E-state index in [2.05, 4.69) is 35.8 Å². The average Bonchev–Trinajstić information content (AvgIpc) is 3.05. The molecule has 55 heavy (non-hydrogen) atoms. The van der Waals surface area contributed by atoms with Crippen LogP contribution in [0.1, 0.15) is 0 Å². The van der Waals surface area contributed by atoms with Crippen LogP contribution in [-0.4, -0.2) is 91.9 Å². The van der Waals surface area contributed by atoms with Crippen LogP contribution in [0.3, 0.4) is 0 Å². The third-order valence-electron chi connectivity index (χ3n) is 7.03. The number of aromatic hydroxyl groups is 1. The Labute approximate surface area is 315 Å². The lowest BCUT2D eigenvalue weighted by atomic mass is 10.1. The molecule has 22 nitrogen and oxygen atoms in total. The van der Waals surface area contributed by atoms with Crippen LogP contribution in [0, 0.1) is 0 Å². The fraction of sp³-hybridized carbons (Fsp3) is 0.0741. The van der Waals surface area contributed by atoms with Gasteiger partial charge in [-0.1, -0.05) is 0 Å². The quantitative estimate of drug-likeness (QED) is 0.0655. The van der Waals surface area contributed by atoms with Gasteiger partial charge in [0, 0.05) is 11.1 Å². The van der Waals surface area contributed by atoms with Crippen LogP contribution in [0.4, 0.5) is 34.6 Å². The first-order valence-corrected chi connectivity index (χ1v) is 22.3. The molecule has 0 fully saturated rings. The second-order valence-corrected chi connectivity index (χ2v) is 19.1. The number of rotatable bonds is 13. The summed E-state index contributed by atoms with van der Waals surface area (Å²) in [6.45, 7) is 0. The van der Waals surface area contributed by atoms with Gasteiger partial charge in [-0.15, -0.1) is 5.11 Å². The van der Waals surface area contributed by atoms with Crippen LogP contribution in [-0.2, 0) is 50.3 Å². The molecular weight excluding hydrogens is 858 g/mol. The molecule has 0 amide bonds. The third-order valence-corrected chi connectivity index (χ3v) is 12.5. The molecule has 5 rings (SSSR count). The van der Waals surface area contributed by atoms with E-state index < -0.39 is 116 Å². The van der Waals surface area contributed by atoms with Crippen molar-refractivity contribution >= 4 is 107 Å². The minimum atomic E-state index is -5.27. The van der Waals surface area contributed by atoms with E-state index in [1.807, 2.05) is 0 Å². The maximum atomic E-state index is 12.4. The van der Waals surface area contributed by atoms with Crippen molar-refractivity contribution in [1.29, 1.82) is 0 Å². The molecule has 0 saturated carbocycles. The average molecular weight is 880 g/mol. The van der Waals surface area contributed by atoms with Gasteiger partial charge in [0.2, 0.25) is 17.2 Å². The second-order valence-electron chi connectivity index (χ2n) is 10.9. The minimum absolute atomic E-state index is 0.151. The number of aromatic nitrogens is 3. The predicted octanol–water partition coefficient (Wildman–Crippen LogP) is 3.69. The van der Waals surface area contributed by atoms with E-state index in [9.17, 15) is 60.9 Å². The second kappa shape index (κ2) is 14.9. The topological polar surface area (TPSA) is 359 Å². The van der Waals surface area contributed by atoms with Gasteiger partial charge < -0.3 is 15.7 Å². The SMILES string of the molecule is O=S(=O)(O)CCS(=O)(=O)c1ccc(N=Nc2c(S(=O)(=O)O)cc3cc(S(=O)(=O)O)cc(Nc4nc(Cl)nc(Nc5ccc(S(=O)(=O)O)cc5)n4)c3c2O)cc1. The Morgan fingerprint density at radius 2 is 1.18 bits per heavy atom. The summed E-state index contributed by atoms with van der Waals surface area (Å²) < 4.78 is 157. The molecule has 0 aliphatic heterocycles. The number of nitrogens with one attached hydrogen (secondary N) is 2. The van der Waals surface area contributed by atoms with Crippen molar-refractivity contribution in [2.75, 3.05) is 22.1 Å². The number of azo groups is 1. The molecule has 0 bridgehead atoms. The zero-order valence-electron chi connectivity index (χ0n) is 26.7.